The molecule has 1 aliphatic heterocycles. The first-order valence-corrected chi connectivity index (χ1v) is 11.0. The number of furan rings is 1. The maximum Gasteiger partial charge on any atom is 0.289 e. The van der Waals surface area contributed by atoms with Gasteiger partial charge in [0.2, 0.25) is 0 Å². The van der Waals surface area contributed by atoms with Crippen molar-refractivity contribution in [3.8, 4) is 0 Å². The number of fused-ring (bicyclic) bond motifs is 1. The highest BCUT2D eigenvalue weighted by molar-refractivity contribution is 5.96. The van der Waals surface area contributed by atoms with Crippen LogP contribution in [-0.4, -0.2) is 36.3 Å². The fourth-order valence-corrected chi connectivity index (χ4v) is 4.04. The second kappa shape index (κ2) is 8.58. The molecule has 0 spiro atoms. The molecule has 2 heterocycles. The molecule has 2 aromatic carbocycles. The third kappa shape index (κ3) is 4.82. The van der Waals surface area contributed by atoms with Gasteiger partial charge in [-0.25, -0.2) is 0 Å². The summed E-state index contributed by atoms with van der Waals surface area (Å²) in [6.45, 7) is 8.47. The van der Waals surface area contributed by atoms with Gasteiger partial charge in [-0.3, -0.25) is 9.59 Å². The number of carbonyl (C=O) groups is 2. The minimum Gasteiger partial charge on any atom is -0.451 e. The lowest BCUT2D eigenvalue weighted by molar-refractivity contribution is 0.0655. The molecule has 0 saturated carbocycles. The monoisotopic (exact) mass is 418 g/mol. The molecule has 0 bridgehead atoms. The molecule has 1 saturated heterocycles. The Kier molecular flexibility index (Phi) is 5.86. The van der Waals surface area contributed by atoms with Crippen molar-refractivity contribution in [2.24, 2.45) is 5.92 Å². The molecule has 0 unspecified atom stereocenters. The molecule has 2 amide bonds. The first kappa shape index (κ1) is 21.2. The minimum absolute atomic E-state index is 0.0405. The Morgan fingerprint density at radius 3 is 2.35 bits per heavy atom. The van der Waals surface area contributed by atoms with E-state index in [9.17, 15) is 9.59 Å². The Labute approximate surface area is 183 Å². The SMILES string of the molecule is CC(C)(C)c1ccc(C(=O)NCC2CCN(C(=O)c3cc4ccccc4o3)CC2)cc1. The van der Waals surface area contributed by atoms with Crippen LogP contribution < -0.4 is 5.32 Å². The van der Waals surface area contributed by atoms with Gasteiger partial charge in [-0.05, 0) is 54.0 Å². The van der Waals surface area contributed by atoms with Gasteiger partial charge in [0.25, 0.3) is 11.8 Å². The van der Waals surface area contributed by atoms with Crippen LogP contribution in [0.25, 0.3) is 11.0 Å². The van der Waals surface area contributed by atoms with E-state index in [0.717, 1.165) is 23.8 Å². The van der Waals surface area contributed by atoms with Gasteiger partial charge >= 0.3 is 0 Å². The van der Waals surface area contributed by atoms with E-state index in [4.69, 9.17) is 4.42 Å². The fourth-order valence-electron chi connectivity index (χ4n) is 4.04. The molecule has 3 aromatic rings. The molecule has 1 N–H and O–H groups in total. The third-order valence-corrected chi connectivity index (χ3v) is 6.10. The average molecular weight is 419 g/mol. The van der Waals surface area contributed by atoms with Crippen molar-refractivity contribution in [1.29, 1.82) is 0 Å². The number of hydrogen-bond acceptors (Lipinski definition) is 3. The Hall–Kier alpha value is -3.08. The van der Waals surface area contributed by atoms with Crippen LogP contribution in [0.15, 0.2) is 59.0 Å². The normalized spacial score (nSPS) is 15.3. The Morgan fingerprint density at radius 2 is 1.71 bits per heavy atom. The number of amides is 2. The molecule has 0 radical (unpaired) electrons. The van der Waals surface area contributed by atoms with Crippen LogP contribution in [0, 0.1) is 5.92 Å². The number of piperidine rings is 1. The predicted octanol–water partition coefficient (Wildman–Crippen LogP) is 5.01. The molecular weight excluding hydrogens is 388 g/mol. The highest BCUT2D eigenvalue weighted by Crippen LogP contribution is 2.24. The number of para-hydroxylation sites is 1. The second-order valence-electron chi connectivity index (χ2n) is 9.42. The quantitative estimate of drug-likeness (QED) is 0.648. The van der Waals surface area contributed by atoms with E-state index in [2.05, 4.69) is 26.1 Å². The Balaban J connectivity index is 1.27. The number of nitrogens with zero attached hydrogens (tertiary/aromatic N) is 1. The topological polar surface area (TPSA) is 62.6 Å². The van der Waals surface area contributed by atoms with Crippen molar-refractivity contribution in [3.05, 3.63) is 71.5 Å². The number of rotatable bonds is 4. The van der Waals surface area contributed by atoms with E-state index in [-0.39, 0.29) is 17.2 Å². The van der Waals surface area contributed by atoms with E-state index in [0.29, 0.717) is 36.9 Å². The van der Waals surface area contributed by atoms with Crippen molar-refractivity contribution >= 4 is 22.8 Å². The molecular formula is C26H30N2O3. The lowest BCUT2D eigenvalue weighted by atomic mass is 9.86. The molecule has 5 heteroatoms. The summed E-state index contributed by atoms with van der Waals surface area (Å²) in [5, 5.41) is 4.00. The van der Waals surface area contributed by atoms with Crippen molar-refractivity contribution < 1.29 is 14.0 Å². The van der Waals surface area contributed by atoms with E-state index in [1.165, 1.54) is 5.56 Å². The summed E-state index contributed by atoms with van der Waals surface area (Å²) >= 11 is 0. The smallest absolute Gasteiger partial charge is 0.289 e. The summed E-state index contributed by atoms with van der Waals surface area (Å²) in [6.07, 6.45) is 1.74. The maximum absolute atomic E-state index is 12.8. The fraction of sp³-hybridized carbons (Fsp3) is 0.385. The summed E-state index contributed by atoms with van der Waals surface area (Å²) in [7, 11) is 0. The molecule has 4 rings (SSSR count). The van der Waals surface area contributed by atoms with Crippen molar-refractivity contribution in [2.45, 2.75) is 39.0 Å². The Bertz CT molecular complexity index is 1030. The van der Waals surface area contributed by atoms with E-state index < -0.39 is 0 Å². The standard InChI is InChI=1S/C26H30N2O3/c1-26(2,3)21-10-8-19(9-11-21)24(29)27-17-18-12-14-28(15-13-18)25(30)23-16-20-6-4-5-7-22(20)31-23/h4-11,16,18H,12-15,17H2,1-3H3,(H,27,29). The van der Waals surface area contributed by atoms with Crippen LogP contribution in [0.2, 0.25) is 0 Å². The average Bonchev–Trinajstić information content (AvgIpc) is 3.21. The Morgan fingerprint density at radius 1 is 1.03 bits per heavy atom. The second-order valence-corrected chi connectivity index (χ2v) is 9.42. The molecule has 0 atom stereocenters. The summed E-state index contributed by atoms with van der Waals surface area (Å²) in [4.78, 5) is 27.1. The predicted molar refractivity (Wildman–Crippen MR) is 122 cm³/mol. The molecule has 1 aliphatic rings. The van der Waals surface area contributed by atoms with E-state index in [1.807, 2.05) is 59.5 Å². The first-order chi connectivity index (χ1) is 14.8. The molecule has 5 nitrogen and oxygen atoms in total. The lowest BCUT2D eigenvalue weighted by Gasteiger charge is -2.31. The van der Waals surface area contributed by atoms with Crippen LogP contribution in [0.3, 0.4) is 0 Å². The molecule has 31 heavy (non-hydrogen) atoms. The van der Waals surface area contributed by atoms with Crippen molar-refractivity contribution in [1.82, 2.24) is 10.2 Å². The van der Waals surface area contributed by atoms with E-state index in [1.54, 1.807) is 0 Å². The van der Waals surface area contributed by atoms with Crippen LogP contribution in [0.1, 0.15) is 60.1 Å². The van der Waals surface area contributed by atoms with Crippen molar-refractivity contribution in [2.75, 3.05) is 19.6 Å². The number of likely N-dealkylation sites (tertiary alicyclic amines) is 1. The lowest BCUT2D eigenvalue weighted by Crippen LogP contribution is -2.41. The first-order valence-electron chi connectivity index (χ1n) is 11.0. The van der Waals surface area contributed by atoms with Crippen LogP contribution >= 0.6 is 0 Å². The van der Waals surface area contributed by atoms with Gasteiger partial charge in [-0.2, -0.15) is 0 Å². The van der Waals surface area contributed by atoms with Crippen LogP contribution in [0.5, 0.6) is 0 Å². The number of benzene rings is 2. The molecule has 0 aliphatic carbocycles. The van der Waals surface area contributed by atoms with Gasteiger partial charge in [-0.15, -0.1) is 0 Å². The zero-order chi connectivity index (χ0) is 22.0. The highest BCUT2D eigenvalue weighted by atomic mass is 16.3. The zero-order valence-electron chi connectivity index (χ0n) is 18.5. The van der Waals surface area contributed by atoms with Gasteiger partial charge < -0.3 is 14.6 Å². The maximum atomic E-state index is 12.8. The van der Waals surface area contributed by atoms with Gasteiger partial charge in [0.05, 0.1) is 0 Å². The van der Waals surface area contributed by atoms with E-state index >= 15 is 0 Å². The molecule has 1 aromatic heterocycles. The largest absolute Gasteiger partial charge is 0.451 e. The highest BCUT2D eigenvalue weighted by Gasteiger charge is 2.26. The summed E-state index contributed by atoms with van der Waals surface area (Å²) < 4.78 is 5.72. The summed E-state index contributed by atoms with van der Waals surface area (Å²) in [5.41, 5.74) is 2.71. The number of nitrogens with one attached hydrogen (secondary N) is 1. The zero-order valence-corrected chi connectivity index (χ0v) is 18.5. The molecule has 1 fully saturated rings. The van der Waals surface area contributed by atoms with Crippen molar-refractivity contribution in [3.63, 3.8) is 0 Å². The van der Waals surface area contributed by atoms with Gasteiger partial charge in [-0.1, -0.05) is 51.1 Å². The van der Waals surface area contributed by atoms with Gasteiger partial charge in [0.15, 0.2) is 5.76 Å². The van der Waals surface area contributed by atoms with Gasteiger partial charge in [0, 0.05) is 30.6 Å². The summed E-state index contributed by atoms with van der Waals surface area (Å²) in [5.74, 6) is 0.669. The number of carbonyl (C=O) groups excluding carboxylic acids is 2. The molecule has 162 valence electrons. The summed E-state index contributed by atoms with van der Waals surface area (Å²) in [6, 6.07) is 17.3. The number of hydrogen-bond donors (Lipinski definition) is 1. The van der Waals surface area contributed by atoms with Crippen LogP contribution in [0.4, 0.5) is 0 Å². The third-order valence-electron chi connectivity index (χ3n) is 6.10. The van der Waals surface area contributed by atoms with Crippen LogP contribution in [-0.2, 0) is 5.41 Å². The minimum atomic E-state index is -0.0578. The van der Waals surface area contributed by atoms with Gasteiger partial charge in [0.1, 0.15) is 5.58 Å².